The molecule has 1 unspecified atom stereocenters. The number of carbonyl (C=O) groups excluding carboxylic acids is 1. The van der Waals surface area contributed by atoms with Crippen LogP contribution in [0.4, 0.5) is 0 Å². The second kappa shape index (κ2) is 8.52. The van der Waals surface area contributed by atoms with Gasteiger partial charge in [-0.15, -0.1) is 0 Å². The van der Waals surface area contributed by atoms with E-state index in [-0.39, 0.29) is 0 Å². The normalized spacial score (nSPS) is 18.9. The van der Waals surface area contributed by atoms with Gasteiger partial charge in [0.2, 0.25) is 5.91 Å². The zero-order valence-electron chi connectivity index (χ0n) is 12.5. The summed E-state index contributed by atoms with van der Waals surface area (Å²) >= 11 is 0. The average Bonchev–Trinajstić information content (AvgIpc) is 2.43. The number of amides is 1. The molecule has 1 heterocycles. The van der Waals surface area contributed by atoms with E-state index in [1.807, 2.05) is 11.8 Å². The molecule has 0 aliphatic carbocycles. The summed E-state index contributed by atoms with van der Waals surface area (Å²) in [6, 6.07) is 0. The molecule has 0 spiro atoms. The SMILES string of the molecule is CCC(=O)N1CCN(CCCCC(C)CC)CC1. The second-order valence-electron chi connectivity index (χ2n) is 5.59. The minimum Gasteiger partial charge on any atom is -0.340 e. The molecule has 0 radical (unpaired) electrons. The van der Waals surface area contributed by atoms with Gasteiger partial charge in [0, 0.05) is 32.6 Å². The van der Waals surface area contributed by atoms with Crippen LogP contribution in [0.2, 0.25) is 0 Å². The summed E-state index contributed by atoms with van der Waals surface area (Å²) in [6.45, 7) is 11.8. The third-order valence-electron chi connectivity index (χ3n) is 4.15. The average molecular weight is 254 g/mol. The Labute approximate surface area is 113 Å². The topological polar surface area (TPSA) is 23.6 Å². The Morgan fingerprint density at radius 1 is 1.11 bits per heavy atom. The van der Waals surface area contributed by atoms with Gasteiger partial charge in [0.25, 0.3) is 0 Å². The summed E-state index contributed by atoms with van der Waals surface area (Å²) in [7, 11) is 0. The van der Waals surface area contributed by atoms with Crippen LogP contribution in [0, 0.1) is 5.92 Å². The van der Waals surface area contributed by atoms with Gasteiger partial charge in [0.15, 0.2) is 0 Å². The Hall–Kier alpha value is -0.570. The van der Waals surface area contributed by atoms with E-state index in [1.165, 1.54) is 32.2 Å². The minimum atomic E-state index is 0.312. The van der Waals surface area contributed by atoms with Crippen LogP contribution < -0.4 is 0 Å². The molecule has 3 nitrogen and oxygen atoms in total. The van der Waals surface area contributed by atoms with Gasteiger partial charge >= 0.3 is 0 Å². The first kappa shape index (κ1) is 15.5. The summed E-state index contributed by atoms with van der Waals surface area (Å²) in [6.07, 6.45) is 5.98. The number of rotatable bonds is 7. The number of nitrogens with zero attached hydrogens (tertiary/aromatic N) is 2. The largest absolute Gasteiger partial charge is 0.340 e. The van der Waals surface area contributed by atoms with E-state index >= 15 is 0 Å². The smallest absolute Gasteiger partial charge is 0.222 e. The van der Waals surface area contributed by atoms with E-state index in [9.17, 15) is 4.79 Å². The van der Waals surface area contributed by atoms with E-state index in [0.717, 1.165) is 32.1 Å². The molecule has 0 aromatic heterocycles. The van der Waals surface area contributed by atoms with Crippen LogP contribution in [0.25, 0.3) is 0 Å². The van der Waals surface area contributed by atoms with E-state index < -0.39 is 0 Å². The van der Waals surface area contributed by atoms with Gasteiger partial charge in [-0.05, 0) is 18.9 Å². The van der Waals surface area contributed by atoms with Crippen molar-refractivity contribution in [1.29, 1.82) is 0 Å². The maximum Gasteiger partial charge on any atom is 0.222 e. The van der Waals surface area contributed by atoms with Crippen LogP contribution in [0.3, 0.4) is 0 Å². The number of carbonyl (C=O) groups is 1. The molecule has 106 valence electrons. The highest BCUT2D eigenvalue weighted by Crippen LogP contribution is 2.12. The third kappa shape index (κ3) is 5.38. The molecule has 0 N–H and O–H groups in total. The van der Waals surface area contributed by atoms with Crippen molar-refractivity contribution in [3.05, 3.63) is 0 Å². The van der Waals surface area contributed by atoms with Crippen molar-refractivity contribution < 1.29 is 4.79 Å². The minimum absolute atomic E-state index is 0.312. The van der Waals surface area contributed by atoms with Gasteiger partial charge in [-0.2, -0.15) is 0 Å². The Balaban J connectivity index is 2.07. The molecule has 0 saturated carbocycles. The standard InChI is InChI=1S/C15H30N2O/c1-4-14(3)8-6-7-9-16-10-12-17(13-11-16)15(18)5-2/h14H,4-13H2,1-3H3. The molecule has 0 bridgehead atoms. The highest BCUT2D eigenvalue weighted by atomic mass is 16.2. The van der Waals surface area contributed by atoms with Crippen LogP contribution in [-0.2, 0) is 4.79 Å². The summed E-state index contributed by atoms with van der Waals surface area (Å²) in [5, 5.41) is 0. The van der Waals surface area contributed by atoms with Crippen molar-refractivity contribution in [2.45, 2.75) is 52.9 Å². The van der Waals surface area contributed by atoms with E-state index in [4.69, 9.17) is 0 Å². The summed E-state index contributed by atoms with van der Waals surface area (Å²) in [5.41, 5.74) is 0. The third-order valence-corrected chi connectivity index (χ3v) is 4.15. The van der Waals surface area contributed by atoms with Gasteiger partial charge in [0.05, 0.1) is 0 Å². The predicted molar refractivity (Wildman–Crippen MR) is 76.6 cm³/mol. The molecule has 18 heavy (non-hydrogen) atoms. The molecule has 1 saturated heterocycles. The fraction of sp³-hybridized carbons (Fsp3) is 0.933. The molecule has 1 amide bonds. The van der Waals surface area contributed by atoms with Gasteiger partial charge in [-0.25, -0.2) is 0 Å². The Kier molecular flexibility index (Phi) is 7.33. The zero-order valence-corrected chi connectivity index (χ0v) is 12.5. The molecule has 0 aromatic carbocycles. The summed E-state index contributed by atoms with van der Waals surface area (Å²) in [5.74, 6) is 1.19. The highest BCUT2D eigenvalue weighted by molar-refractivity contribution is 5.75. The Morgan fingerprint density at radius 2 is 1.78 bits per heavy atom. The maximum absolute atomic E-state index is 11.5. The first-order valence-corrected chi connectivity index (χ1v) is 7.67. The first-order chi connectivity index (χ1) is 8.67. The van der Waals surface area contributed by atoms with Crippen LogP contribution in [0.15, 0.2) is 0 Å². The number of hydrogen-bond donors (Lipinski definition) is 0. The molecule has 1 atom stereocenters. The van der Waals surface area contributed by atoms with Crippen molar-refractivity contribution in [3.63, 3.8) is 0 Å². The lowest BCUT2D eigenvalue weighted by molar-refractivity contribution is -0.132. The molecular weight excluding hydrogens is 224 g/mol. The fourth-order valence-corrected chi connectivity index (χ4v) is 2.48. The second-order valence-corrected chi connectivity index (χ2v) is 5.59. The summed E-state index contributed by atoms with van der Waals surface area (Å²) in [4.78, 5) is 16.1. The number of piperazine rings is 1. The molecule has 1 fully saturated rings. The fourth-order valence-electron chi connectivity index (χ4n) is 2.48. The van der Waals surface area contributed by atoms with E-state index in [0.29, 0.717) is 12.3 Å². The lowest BCUT2D eigenvalue weighted by atomic mass is 10.0. The molecular formula is C15H30N2O. The number of unbranched alkanes of at least 4 members (excludes halogenated alkanes) is 1. The molecule has 1 rings (SSSR count). The maximum atomic E-state index is 11.5. The van der Waals surface area contributed by atoms with Gasteiger partial charge in [0.1, 0.15) is 0 Å². The monoisotopic (exact) mass is 254 g/mol. The van der Waals surface area contributed by atoms with Crippen molar-refractivity contribution >= 4 is 5.91 Å². The van der Waals surface area contributed by atoms with Crippen molar-refractivity contribution in [1.82, 2.24) is 9.80 Å². The van der Waals surface area contributed by atoms with Crippen LogP contribution in [-0.4, -0.2) is 48.4 Å². The molecule has 0 aromatic rings. The lowest BCUT2D eigenvalue weighted by Gasteiger charge is -2.34. The van der Waals surface area contributed by atoms with Gasteiger partial charge in [-0.3, -0.25) is 9.69 Å². The number of hydrogen-bond acceptors (Lipinski definition) is 2. The van der Waals surface area contributed by atoms with Crippen LogP contribution >= 0.6 is 0 Å². The predicted octanol–water partition coefficient (Wildman–Crippen LogP) is 2.76. The van der Waals surface area contributed by atoms with Crippen molar-refractivity contribution in [3.8, 4) is 0 Å². The first-order valence-electron chi connectivity index (χ1n) is 7.67. The Bertz CT molecular complexity index is 235. The summed E-state index contributed by atoms with van der Waals surface area (Å²) < 4.78 is 0. The van der Waals surface area contributed by atoms with Crippen molar-refractivity contribution in [2.75, 3.05) is 32.7 Å². The van der Waals surface area contributed by atoms with Gasteiger partial charge in [-0.1, -0.05) is 40.0 Å². The van der Waals surface area contributed by atoms with E-state index in [1.54, 1.807) is 0 Å². The van der Waals surface area contributed by atoms with Crippen LogP contribution in [0.5, 0.6) is 0 Å². The van der Waals surface area contributed by atoms with Crippen LogP contribution in [0.1, 0.15) is 52.9 Å². The quantitative estimate of drug-likeness (QED) is 0.652. The van der Waals surface area contributed by atoms with Gasteiger partial charge < -0.3 is 4.90 Å². The van der Waals surface area contributed by atoms with E-state index in [2.05, 4.69) is 18.7 Å². The highest BCUT2D eigenvalue weighted by Gasteiger charge is 2.19. The molecule has 3 heteroatoms. The van der Waals surface area contributed by atoms with Crippen molar-refractivity contribution in [2.24, 2.45) is 5.92 Å². The molecule has 1 aliphatic rings. The molecule has 1 aliphatic heterocycles. The zero-order chi connectivity index (χ0) is 13.4. The lowest BCUT2D eigenvalue weighted by Crippen LogP contribution is -2.48. The Morgan fingerprint density at radius 3 is 2.33 bits per heavy atom.